The molecule has 160 valence electrons. The van der Waals surface area contributed by atoms with Crippen LogP contribution in [-0.4, -0.2) is 43.4 Å². The minimum atomic E-state index is -3.62. The van der Waals surface area contributed by atoms with Gasteiger partial charge < -0.3 is 9.84 Å². The van der Waals surface area contributed by atoms with E-state index in [4.69, 9.17) is 4.52 Å². The molecule has 0 atom stereocenters. The van der Waals surface area contributed by atoms with E-state index in [1.807, 2.05) is 0 Å². The number of piperidine rings is 1. The average Bonchev–Trinajstić information content (AvgIpc) is 2.99. The third-order valence-corrected chi connectivity index (χ3v) is 7.54. The Kier molecular flexibility index (Phi) is 8.49. The van der Waals surface area contributed by atoms with Crippen LogP contribution >= 0.6 is 0 Å². The average molecular weight is 414 g/mol. The normalized spacial score (nSPS) is 16.6. The Labute approximate surface area is 169 Å². The van der Waals surface area contributed by atoms with Gasteiger partial charge in [-0.15, -0.1) is 0 Å². The zero-order chi connectivity index (χ0) is 20.7. The molecule has 2 heterocycles. The van der Waals surface area contributed by atoms with Gasteiger partial charge in [0.2, 0.25) is 15.9 Å². The van der Waals surface area contributed by atoms with E-state index in [0.29, 0.717) is 43.9 Å². The summed E-state index contributed by atoms with van der Waals surface area (Å²) in [5.74, 6) is 1.01. The molecule has 7 nitrogen and oxygen atoms in total. The van der Waals surface area contributed by atoms with E-state index >= 15 is 0 Å². The van der Waals surface area contributed by atoms with E-state index < -0.39 is 10.0 Å². The Bertz CT molecular complexity index is 715. The van der Waals surface area contributed by atoms with Crippen molar-refractivity contribution in [2.75, 3.05) is 19.6 Å². The maximum Gasteiger partial charge on any atom is 0.248 e. The van der Waals surface area contributed by atoms with Crippen LogP contribution in [0.2, 0.25) is 0 Å². The van der Waals surface area contributed by atoms with Crippen LogP contribution in [0, 0.1) is 25.7 Å². The smallest absolute Gasteiger partial charge is 0.248 e. The molecule has 1 aliphatic heterocycles. The second-order valence-electron chi connectivity index (χ2n) is 8.22. The number of rotatable bonds is 10. The standard InChI is InChI=1S/C20H35N3O4S/c1-15(2)9-7-5-6-8-12-21-20(24)18-10-13-23(14-11-18)28(25,26)19-16(3)22-27-17(19)4/h15,18H,5-14H2,1-4H3,(H,21,24). The van der Waals surface area contributed by atoms with Crippen LogP contribution in [0.1, 0.15) is 70.2 Å². The number of aryl methyl sites for hydroxylation is 2. The fourth-order valence-electron chi connectivity index (χ4n) is 3.72. The van der Waals surface area contributed by atoms with Crippen molar-refractivity contribution in [3.05, 3.63) is 11.5 Å². The highest BCUT2D eigenvalue weighted by Crippen LogP contribution is 2.27. The number of carbonyl (C=O) groups is 1. The van der Waals surface area contributed by atoms with Crippen molar-refractivity contribution in [3.63, 3.8) is 0 Å². The van der Waals surface area contributed by atoms with Crippen LogP contribution in [0.4, 0.5) is 0 Å². The Hall–Kier alpha value is -1.41. The Morgan fingerprint density at radius 1 is 1.18 bits per heavy atom. The molecule has 0 aliphatic carbocycles. The highest BCUT2D eigenvalue weighted by Gasteiger charge is 2.35. The van der Waals surface area contributed by atoms with Gasteiger partial charge in [0, 0.05) is 25.6 Å². The molecule has 2 rings (SSSR count). The lowest BCUT2D eigenvalue weighted by atomic mass is 9.97. The second kappa shape index (κ2) is 10.4. The molecule has 0 spiro atoms. The van der Waals surface area contributed by atoms with Crippen molar-refractivity contribution in [1.29, 1.82) is 0 Å². The summed E-state index contributed by atoms with van der Waals surface area (Å²) in [5.41, 5.74) is 0.380. The first kappa shape index (κ1) is 22.9. The largest absolute Gasteiger partial charge is 0.360 e. The fourth-order valence-corrected chi connectivity index (χ4v) is 5.48. The molecular weight excluding hydrogens is 378 g/mol. The summed E-state index contributed by atoms with van der Waals surface area (Å²) in [6, 6.07) is 0. The Balaban J connectivity index is 1.72. The number of carbonyl (C=O) groups excluding carboxylic acids is 1. The van der Waals surface area contributed by atoms with Crippen molar-refractivity contribution < 1.29 is 17.7 Å². The predicted molar refractivity (Wildman–Crippen MR) is 108 cm³/mol. The summed E-state index contributed by atoms with van der Waals surface area (Å²) in [5, 5.41) is 6.76. The Morgan fingerprint density at radius 2 is 1.82 bits per heavy atom. The van der Waals surface area contributed by atoms with Crippen LogP contribution in [0.5, 0.6) is 0 Å². The van der Waals surface area contributed by atoms with Crippen molar-refractivity contribution in [2.24, 2.45) is 11.8 Å². The molecule has 28 heavy (non-hydrogen) atoms. The molecule has 8 heteroatoms. The lowest BCUT2D eigenvalue weighted by Gasteiger charge is -2.30. The number of hydrogen-bond donors (Lipinski definition) is 1. The third-order valence-electron chi connectivity index (χ3n) is 5.40. The zero-order valence-corrected chi connectivity index (χ0v) is 18.5. The third kappa shape index (κ3) is 6.04. The van der Waals surface area contributed by atoms with Gasteiger partial charge in [-0.2, -0.15) is 4.31 Å². The van der Waals surface area contributed by atoms with Crippen LogP contribution < -0.4 is 5.32 Å². The maximum atomic E-state index is 12.8. The van der Waals surface area contributed by atoms with Crippen molar-refractivity contribution in [3.8, 4) is 0 Å². The summed E-state index contributed by atoms with van der Waals surface area (Å²) in [6.07, 6.45) is 6.97. The topological polar surface area (TPSA) is 92.5 Å². The van der Waals surface area contributed by atoms with Gasteiger partial charge >= 0.3 is 0 Å². The molecule has 1 saturated heterocycles. The number of sulfonamides is 1. The molecule has 0 unspecified atom stereocenters. The monoisotopic (exact) mass is 413 g/mol. The molecule has 0 radical (unpaired) electrons. The zero-order valence-electron chi connectivity index (χ0n) is 17.7. The molecular formula is C20H35N3O4S. The van der Waals surface area contributed by atoms with Gasteiger partial charge in [-0.25, -0.2) is 8.42 Å². The number of aromatic nitrogens is 1. The van der Waals surface area contributed by atoms with Crippen molar-refractivity contribution >= 4 is 15.9 Å². The first-order valence-electron chi connectivity index (χ1n) is 10.4. The molecule has 0 bridgehead atoms. The maximum absolute atomic E-state index is 12.8. The van der Waals surface area contributed by atoms with E-state index in [2.05, 4.69) is 24.3 Å². The van der Waals surface area contributed by atoms with Gasteiger partial charge in [0.25, 0.3) is 0 Å². The van der Waals surface area contributed by atoms with E-state index in [0.717, 1.165) is 18.8 Å². The van der Waals surface area contributed by atoms with Gasteiger partial charge in [-0.3, -0.25) is 4.79 Å². The number of amides is 1. The van der Waals surface area contributed by atoms with Gasteiger partial charge in [-0.1, -0.05) is 44.7 Å². The predicted octanol–water partition coefficient (Wildman–Crippen LogP) is 3.41. The molecule has 1 aromatic rings. The van der Waals surface area contributed by atoms with Gasteiger partial charge in [-0.05, 0) is 39.0 Å². The van der Waals surface area contributed by atoms with E-state index in [1.54, 1.807) is 13.8 Å². The molecule has 1 fully saturated rings. The lowest BCUT2D eigenvalue weighted by Crippen LogP contribution is -2.43. The molecule has 1 aliphatic rings. The number of nitrogens with one attached hydrogen (secondary N) is 1. The number of unbranched alkanes of at least 4 members (excludes halogenated alkanes) is 3. The number of nitrogens with zero attached hydrogens (tertiary/aromatic N) is 2. The summed E-state index contributed by atoms with van der Waals surface area (Å²) >= 11 is 0. The molecule has 1 amide bonds. The molecule has 1 N–H and O–H groups in total. The summed E-state index contributed by atoms with van der Waals surface area (Å²) in [4.78, 5) is 12.5. The minimum absolute atomic E-state index is 0.0524. The van der Waals surface area contributed by atoms with Gasteiger partial charge in [0.15, 0.2) is 5.76 Å². The summed E-state index contributed by atoms with van der Waals surface area (Å²) in [7, 11) is -3.62. The van der Waals surface area contributed by atoms with E-state index in [1.165, 1.54) is 23.6 Å². The Morgan fingerprint density at radius 3 is 2.39 bits per heavy atom. The summed E-state index contributed by atoms with van der Waals surface area (Å²) in [6.45, 7) is 9.12. The fraction of sp³-hybridized carbons (Fsp3) is 0.800. The van der Waals surface area contributed by atoms with Crippen LogP contribution in [0.25, 0.3) is 0 Å². The van der Waals surface area contributed by atoms with Crippen molar-refractivity contribution in [2.45, 2.75) is 77.5 Å². The van der Waals surface area contributed by atoms with Crippen LogP contribution in [0.3, 0.4) is 0 Å². The van der Waals surface area contributed by atoms with E-state index in [-0.39, 0.29) is 16.7 Å². The SMILES string of the molecule is Cc1noc(C)c1S(=O)(=O)N1CCC(C(=O)NCCCCCCC(C)C)CC1. The molecule has 0 aromatic carbocycles. The highest BCUT2D eigenvalue weighted by molar-refractivity contribution is 7.89. The van der Waals surface area contributed by atoms with Gasteiger partial charge in [0.05, 0.1) is 0 Å². The number of hydrogen-bond acceptors (Lipinski definition) is 5. The van der Waals surface area contributed by atoms with Crippen LogP contribution in [-0.2, 0) is 14.8 Å². The molecule has 0 saturated carbocycles. The lowest BCUT2D eigenvalue weighted by molar-refractivity contribution is -0.126. The highest BCUT2D eigenvalue weighted by atomic mass is 32.2. The molecule has 1 aromatic heterocycles. The van der Waals surface area contributed by atoms with Crippen molar-refractivity contribution in [1.82, 2.24) is 14.8 Å². The van der Waals surface area contributed by atoms with E-state index in [9.17, 15) is 13.2 Å². The van der Waals surface area contributed by atoms with Crippen LogP contribution in [0.15, 0.2) is 9.42 Å². The second-order valence-corrected chi connectivity index (χ2v) is 10.1. The first-order chi connectivity index (χ1) is 13.2. The minimum Gasteiger partial charge on any atom is -0.360 e. The quantitative estimate of drug-likeness (QED) is 0.593. The summed E-state index contributed by atoms with van der Waals surface area (Å²) < 4.78 is 32.1. The van der Waals surface area contributed by atoms with Gasteiger partial charge in [0.1, 0.15) is 10.6 Å². The first-order valence-corrected chi connectivity index (χ1v) is 11.9.